The minimum atomic E-state index is -2.52. The summed E-state index contributed by atoms with van der Waals surface area (Å²) in [7, 11) is -4.47. The van der Waals surface area contributed by atoms with Crippen molar-refractivity contribution in [3.05, 3.63) is 12.7 Å². The molecular formula is C24H48O4Si2. The Kier molecular flexibility index (Phi) is 7.37. The van der Waals surface area contributed by atoms with E-state index in [9.17, 15) is 0 Å². The molecule has 1 unspecified atom stereocenters. The van der Waals surface area contributed by atoms with Crippen LogP contribution in [-0.2, 0) is 18.0 Å². The van der Waals surface area contributed by atoms with Gasteiger partial charge in [-0.2, -0.15) is 0 Å². The number of rotatable bonds is 4. The van der Waals surface area contributed by atoms with Crippen LogP contribution in [0.25, 0.3) is 0 Å². The number of hydrogen-bond donors (Lipinski definition) is 0. The molecule has 0 spiro atoms. The lowest BCUT2D eigenvalue weighted by Crippen LogP contribution is -2.68. The van der Waals surface area contributed by atoms with Crippen LogP contribution in [0.1, 0.15) is 75.7 Å². The lowest BCUT2D eigenvalue weighted by atomic mass is 9.91. The van der Waals surface area contributed by atoms with Crippen LogP contribution < -0.4 is 0 Å². The summed E-state index contributed by atoms with van der Waals surface area (Å²) in [6.45, 7) is 31.9. The third kappa shape index (κ3) is 4.84. The largest absolute Gasteiger partial charge is 0.411 e. The summed E-state index contributed by atoms with van der Waals surface area (Å²) in [5, 5.41) is 0.0895. The highest BCUT2D eigenvalue weighted by Gasteiger charge is 2.63. The summed E-state index contributed by atoms with van der Waals surface area (Å²) in [5.74, 6) is 0.217. The molecule has 0 aromatic heterocycles. The van der Waals surface area contributed by atoms with Crippen molar-refractivity contribution < 1.29 is 18.0 Å². The second-order valence-electron chi connectivity index (χ2n) is 13.0. The summed E-state index contributed by atoms with van der Waals surface area (Å²) >= 11 is 0. The number of ether oxygens (including phenoxy) is 1. The molecule has 0 N–H and O–H groups in total. The lowest BCUT2D eigenvalue weighted by Gasteiger charge is -2.57. The second kappa shape index (κ2) is 8.42. The van der Waals surface area contributed by atoms with Gasteiger partial charge in [0.2, 0.25) is 0 Å². The zero-order chi connectivity index (χ0) is 23.3. The van der Waals surface area contributed by atoms with Crippen molar-refractivity contribution in [2.45, 2.75) is 128 Å². The van der Waals surface area contributed by atoms with E-state index < -0.39 is 16.9 Å². The van der Waals surface area contributed by atoms with E-state index in [-0.39, 0.29) is 45.4 Å². The molecular weight excluding hydrogens is 408 g/mol. The van der Waals surface area contributed by atoms with Gasteiger partial charge in [-0.1, -0.05) is 75.3 Å². The number of hydrogen-bond acceptors (Lipinski definition) is 4. The van der Waals surface area contributed by atoms with E-state index in [2.05, 4.69) is 88.9 Å². The van der Waals surface area contributed by atoms with Crippen LogP contribution in [0.15, 0.2) is 12.7 Å². The molecule has 0 aromatic rings. The fourth-order valence-corrected chi connectivity index (χ4v) is 11.1. The predicted octanol–water partition coefficient (Wildman–Crippen LogP) is 6.81. The fraction of sp³-hybridized carbons (Fsp3) is 0.917. The van der Waals surface area contributed by atoms with E-state index in [1.807, 2.05) is 6.08 Å². The van der Waals surface area contributed by atoms with Crippen LogP contribution in [0.2, 0.25) is 28.2 Å². The van der Waals surface area contributed by atoms with Crippen LogP contribution in [0.5, 0.6) is 0 Å². The zero-order valence-electron chi connectivity index (χ0n) is 21.7. The normalized spacial score (nSPS) is 31.7. The van der Waals surface area contributed by atoms with E-state index >= 15 is 0 Å². The van der Waals surface area contributed by atoms with E-state index in [1.54, 1.807) is 0 Å². The summed E-state index contributed by atoms with van der Waals surface area (Å²) in [6, 6.07) is 0. The van der Waals surface area contributed by atoms with Crippen molar-refractivity contribution in [1.29, 1.82) is 0 Å². The Bertz CT molecular complexity index is 598. The van der Waals surface area contributed by atoms with Gasteiger partial charge in [0, 0.05) is 22.4 Å². The molecule has 2 aliphatic rings. The minimum absolute atomic E-state index is 0.0106. The summed E-state index contributed by atoms with van der Waals surface area (Å²) in [6.07, 6.45) is 2.84. The summed E-state index contributed by atoms with van der Waals surface area (Å²) < 4.78 is 27.2. The van der Waals surface area contributed by atoms with Gasteiger partial charge in [0.25, 0.3) is 0 Å². The van der Waals surface area contributed by atoms with Crippen molar-refractivity contribution in [3.63, 3.8) is 0 Å². The number of fused-ring (bicyclic) bond motifs is 1. The first kappa shape index (κ1) is 26.3. The Morgan fingerprint density at radius 3 is 1.97 bits per heavy atom. The minimum Gasteiger partial charge on any atom is -0.411 e. The van der Waals surface area contributed by atoms with Gasteiger partial charge in [-0.3, -0.25) is 0 Å². The lowest BCUT2D eigenvalue weighted by molar-refractivity contribution is -0.203. The van der Waals surface area contributed by atoms with Gasteiger partial charge < -0.3 is 18.0 Å². The van der Waals surface area contributed by atoms with E-state index in [0.717, 1.165) is 6.42 Å². The van der Waals surface area contributed by atoms with Crippen molar-refractivity contribution in [2.24, 2.45) is 5.92 Å². The van der Waals surface area contributed by atoms with Gasteiger partial charge in [0.1, 0.15) is 6.10 Å². The third-order valence-electron chi connectivity index (χ3n) is 7.46. The molecule has 0 radical (unpaired) electrons. The molecule has 5 atom stereocenters. The quantitative estimate of drug-likeness (QED) is 0.344. The van der Waals surface area contributed by atoms with Gasteiger partial charge >= 0.3 is 8.56 Å². The molecule has 0 aliphatic carbocycles. The van der Waals surface area contributed by atoms with Gasteiger partial charge in [-0.05, 0) is 18.1 Å². The first-order valence-corrected chi connectivity index (χ1v) is 16.4. The SMILES string of the molecule is C=CC(C)[C@@H]1O[C@@H]2CO[Si](C(C)(C)C)(C(C)(C)C)O[C@@H]2C[C@@H]1O[Si](C)(C)C(C)(C)C. The highest BCUT2D eigenvalue weighted by Crippen LogP contribution is 2.55. The molecule has 30 heavy (non-hydrogen) atoms. The maximum atomic E-state index is 7.00. The second-order valence-corrected chi connectivity index (χ2v) is 22.5. The van der Waals surface area contributed by atoms with E-state index in [1.165, 1.54) is 0 Å². The van der Waals surface area contributed by atoms with Crippen molar-refractivity contribution >= 4 is 16.9 Å². The Hall–Kier alpha value is 0.0138. The topological polar surface area (TPSA) is 36.9 Å². The smallest absolute Gasteiger partial charge is 0.349 e. The highest BCUT2D eigenvalue weighted by molar-refractivity contribution is 6.74. The Morgan fingerprint density at radius 1 is 1.00 bits per heavy atom. The molecule has 2 rings (SSSR count). The molecule has 4 nitrogen and oxygen atoms in total. The van der Waals surface area contributed by atoms with Gasteiger partial charge in [-0.25, -0.2) is 0 Å². The van der Waals surface area contributed by atoms with E-state index in [4.69, 9.17) is 18.0 Å². The average molecular weight is 457 g/mol. The van der Waals surface area contributed by atoms with Crippen LogP contribution in [0, 0.1) is 5.92 Å². The van der Waals surface area contributed by atoms with E-state index in [0.29, 0.717) is 6.61 Å². The monoisotopic (exact) mass is 456 g/mol. The van der Waals surface area contributed by atoms with Crippen molar-refractivity contribution in [2.75, 3.05) is 6.61 Å². The third-order valence-corrected chi connectivity index (χ3v) is 17.1. The molecule has 2 fully saturated rings. The molecule has 176 valence electrons. The molecule has 2 heterocycles. The molecule has 0 bridgehead atoms. The van der Waals surface area contributed by atoms with Crippen LogP contribution in [-0.4, -0.2) is 47.9 Å². The van der Waals surface area contributed by atoms with Crippen LogP contribution >= 0.6 is 0 Å². The molecule has 0 amide bonds. The first-order valence-electron chi connectivity index (χ1n) is 11.6. The zero-order valence-corrected chi connectivity index (χ0v) is 23.7. The maximum absolute atomic E-state index is 7.00. The first-order chi connectivity index (χ1) is 13.4. The van der Waals surface area contributed by atoms with Crippen LogP contribution in [0.4, 0.5) is 0 Å². The molecule has 2 saturated heterocycles. The molecule has 0 aromatic carbocycles. The summed E-state index contributed by atoms with van der Waals surface area (Å²) in [4.78, 5) is 0. The molecule has 0 saturated carbocycles. The van der Waals surface area contributed by atoms with Crippen LogP contribution in [0.3, 0.4) is 0 Å². The van der Waals surface area contributed by atoms with Crippen molar-refractivity contribution in [3.8, 4) is 0 Å². The van der Waals surface area contributed by atoms with Gasteiger partial charge in [0.15, 0.2) is 8.32 Å². The maximum Gasteiger partial charge on any atom is 0.349 e. The Morgan fingerprint density at radius 2 is 1.53 bits per heavy atom. The van der Waals surface area contributed by atoms with Crippen molar-refractivity contribution in [1.82, 2.24) is 0 Å². The Balaban J connectivity index is 2.36. The fourth-order valence-electron chi connectivity index (χ4n) is 4.79. The summed E-state index contributed by atoms with van der Waals surface area (Å²) in [5.41, 5.74) is 0. The average Bonchev–Trinajstić information content (AvgIpc) is 2.56. The molecule has 2 aliphatic heterocycles. The predicted molar refractivity (Wildman–Crippen MR) is 131 cm³/mol. The highest BCUT2D eigenvalue weighted by atomic mass is 28.4. The Labute approximate surface area is 188 Å². The molecule has 6 heteroatoms. The van der Waals surface area contributed by atoms with Gasteiger partial charge in [0.05, 0.1) is 24.9 Å². The standard InChI is InChI=1S/C24H48O4Si2/c1-14-17(2)21-19(27-29(12,13)22(3,4)5)15-18-20(26-21)16-25-30(28-18,23(6,7)8)24(9,10)11/h14,17-21H,1,15-16H2,2-13H3/t17?,18-,19+,20-,21+/m1/s1. The van der Waals surface area contributed by atoms with Gasteiger partial charge in [-0.15, -0.1) is 6.58 Å².